The first kappa shape index (κ1) is 62.3. The topological polar surface area (TPSA) is 149 Å². The van der Waals surface area contributed by atoms with Crippen molar-refractivity contribution in [2.75, 3.05) is 13.2 Å². The van der Waals surface area contributed by atoms with Crippen LogP contribution in [0.25, 0.3) is 0 Å². The standard InChI is InChI=1S/C59H95NO8/c1-3-5-7-9-11-12-13-14-15-16-17-18-19-20-21-22-23-24-25-26-27-28-29-30-31-32-33-34-35-36-37-38-39-40-41-42-43-45-47-49-55(63)60-52(53(62)48-46-44-10-8-6-4-2)51-67-59-58(66)57(65)56(64)54(50-61)68-59/h5,7,11-12,14-15,17-18,20-21,23-24,26-27,29-30,32-33,35-36,46,48,52-54,56-59,61-62,64-66H,3-4,6,8-10,13,16,19,22,25,28,31,34,37-45,47,49-51H2,1-2H3,(H,60,63)/b7-5-,12-11-,15-14-,18-17-,21-20-,24-23-,27-26-,30-29-,33-32-,36-35-,48-46+. The van der Waals surface area contributed by atoms with Crippen LogP contribution in [-0.4, -0.2) is 87.5 Å². The molecule has 6 N–H and O–H groups in total. The summed E-state index contributed by atoms with van der Waals surface area (Å²) in [6.45, 7) is 3.54. The molecule has 9 heteroatoms. The molecule has 68 heavy (non-hydrogen) atoms. The molecule has 0 bridgehead atoms. The molecule has 1 aliphatic rings. The Bertz CT molecular complexity index is 1520. The van der Waals surface area contributed by atoms with E-state index in [-0.39, 0.29) is 12.5 Å². The average molecular weight is 946 g/mol. The Balaban J connectivity index is 2.10. The number of hydrogen-bond donors (Lipinski definition) is 6. The van der Waals surface area contributed by atoms with E-state index in [2.05, 4.69) is 141 Å². The lowest BCUT2D eigenvalue weighted by atomic mass is 9.99. The number of aliphatic hydroxyl groups is 5. The normalized spacial score (nSPS) is 20.7. The SMILES string of the molecule is CC/C=C\C/C=C\C/C=C\C/C=C\C/C=C\C/C=C\C/C=C\C/C=C\C/C=C\C/C=C\CCCCCCCCCCC(=O)NC(COC1OC(CO)C(O)C(O)C1O)C(O)/C=C/CCCCCC. The lowest BCUT2D eigenvalue weighted by molar-refractivity contribution is -0.302. The van der Waals surface area contributed by atoms with Gasteiger partial charge in [0.15, 0.2) is 6.29 Å². The summed E-state index contributed by atoms with van der Waals surface area (Å²) >= 11 is 0. The first-order chi connectivity index (χ1) is 33.3. The molecule has 1 heterocycles. The van der Waals surface area contributed by atoms with Gasteiger partial charge in [-0.1, -0.05) is 205 Å². The minimum Gasteiger partial charge on any atom is -0.394 e. The zero-order valence-electron chi connectivity index (χ0n) is 42.3. The Morgan fingerprint density at radius 3 is 1.35 bits per heavy atom. The Kier molecular flexibility index (Phi) is 43.1. The predicted molar refractivity (Wildman–Crippen MR) is 285 cm³/mol. The molecule has 0 radical (unpaired) electrons. The monoisotopic (exact) mass is 946 g/mol. The molecule has 7 atom stereocenters. The molecule has 0 aromatic carbocycles. The van der Waals surface area contributed by atoms with Gasteiger partial charge >= 0.3 is 0 Å². The van der Waals surface area contributed by atoms with Crippen molar-refractivity contribution in [1.29, 1.82) is 0 Å². The fraction of sp³-hybridized carbons (Fsp3) is 0.610. The largest absolute Gasteiger partial charge is 0.394 e. The summed E-state index contributed by atoms with van der Waals surface area (Å²) in [6.07, 6.45) is 65.6. The smallest absolute Gasteiger partial charge is 0.220 e. The molecule has 0 aromatic heterocycles. The van der Waals surface area contributed by atoms with Crippen molar-refractivity contribution in [3.63, 3.8) is 0 Å². The molecule has 0 aliphatic carbocycles. The van der Waals surface area contributed by atoms with Crippen molar-refractivity contribution in [3.05, 3.63) is 134 Å². The number of allylic oxidation sites excluding steroid dienone is 21. The summed E-state index contributed by atoms with van der Waals surface area (Å²) in [5, 5.41) is 53.9. The summed E-state index contributed by atoms with van der Waals surface area (Å²) in [6, 6.07) is -0.815. The average Bonchev–Trinajstić information content (AvgIpc) is 3.34. The molecule has 9 nitrogen and oxygen atoms in total. The van der Waals surface area contributed by atoms with Gasteiger partial charge in [0.2, 0.25) is 5.91 Å². The van der Waals surface area contributed by atoms with Crippen LogP contribution in [0.3, 0.4) is 0 Å². The fourth-order valence-electron chi connectivity index (χ4n) is 7.30. The van der Waals surface area contributed by atoms with E-state index in [1.165, 1.54) is 25.7 Å². The number of ether oxygens (including phenoxy) is 2. The summed E-state index contributed by atoms with van der Waals surface area (Å²) < 4.78 is 11.1. The third kappa shape index (κ3) is 36.3. The minimum atomic E-state index is -1.57. The van der Waals surface area contributed by atoms with Crippen molar-refractivity contribution in [3.8, 4) is 0 Å². The van der Waals surface area contributed by atoms with Crippen LogP contribution in [0.2, 0.25) is 0 Å². The van der Waals surface area contributed by atoms with Crippen molar-refractivity contribution in [2.45, 2.75) is 217 Å². The lowest BCUT2D eigenvalue weighted by Gasteiger charge is -2.40. The molecular formula is C59H95NO8. The lowest BCUT2D eigenvalue weighted by Crippen LogP contribution is -2.60. The van der Waals surface area contributed by atoms with Crippen molar-refractivity contribution >= 4 is 5.91 Å². The fourth-order valence-corrected chi connectivity index (χ4v) is 7.30. The molecule has 1 saturated heterocycles. The third-order valence-corrected chi connectivity index (χ3v) is 11.5. The molecule has 0 saturated carbocycles. The van der Waals surface area contributed by atoms with Gasteiger partial charge in [-0.25, -0.2) is 0 Å². The van der Waals surface area contributed by atoms with Gasteiger partial charge in [-0.05, 0) is 96.3 Å². The Labute approximate surface area is 413 Å². The number of amides is 1. The predicted octanol–water partition coefficient (Wildman–Crippen LogP) is 12.6. The second-order valence-corrected chi connectivity index (χ2v) is 17.6. The number of unbranched alkanes of at least 4 members (excludes halogenated alkanes) is 12. The second-order valence-electron chi connectivity index (χ2n) is 17.6. The summed E-state index contributed by atoms with van der Waals surface area (Å²) in [4.78, 5) is 12.9. The van der Waals surface area contributed by atoms with Gasteiger partial charge in [0.25, 0.3) is 0 Å². The van der Waals surface area contributed by atoms with Crippen molar-refractivity contribution < 1.29 is 39.8 Å². The van der Waals surface area contributed by atoms with Gasteiger partial charge in [0.05, 0.1) is 25.4 Å². The van der Waals surface area contributed by atoms with E-state index >= 15 is 0 Å². The van der Waals surface area contributed by atoms with Crippen LogP contribution < -0.4 is 5.32 Å². The number of rotatable bonds is 42. The molecular weight excluding hydrogens is 851 g/mol. The van der Waals surface area contributed by atoms with Crippen molar-refractivity contribution in [1.82, 2.24) is 5.32 Å². The molecule has 1 fully saturated rings. The summed E-state index contributed by atoms with van der Waals surface area (Å²) in [7, 11) is 0. The first-order valence-electron chi connectivity index (χ1n) is 26.4. The molecule has 0 aromatic rings. The van der Waals surface area contributed by atoms with E-state index in [0.717, 1.165) is 128 Å². The summed E-state index contributed by atoms with van der Waals surface area (Å²) in [5.41, 5.74) is 0. The van der Waals surface area contributed by atoms with Gasteiger partial charge in [0.1, 0.15) is 24.4 Å². The van der Waals surface area contributed by atoms with E-state index in [9.17, 15) is 30.3 Å². The zero-order chi connectivity index (χ0) is 49.4. The number of carbonyl (C=O) groups excluding carboxylic acids is 1. The Morgan fingerprint density at radius 2 is 0.912 bits per heavy atom. The van der Waals surface area contributed by atoms with Gasteiger partial charge in [-0.15, -0.1) is 0 Å². The quantitative estimate of drug-likeness (QED) is 0.0262. The van der Waals surface area contributed by atoms with Gasteiger partial charge in [0, 0.05) is 6.42 Å². The Morgan fingerprint density at radius 1 is 0.515 bits per heavy atom. The number of carbonyl (C=O) groups is 1. The van der Waals surface area contributed by atoms with E-state index in [1.54, 1.807) is 6.08 Å². The maximum Gasteiger partial charge on any atom is 0.220 e. The van der Waals surface area contributed by atoms with Crippen LogP contribution in [0.5, 0.6) is 0 Å². The molecule has 1 aliphatic heterocycles. The highest BCUT2D eigenvalue weighted by atomic mass is 16.7. The highest BCUT2D eigenvalue weighted by Gasteiger charge is 2.44. The Hall–Kier alpha value is -3.67. The van der Waals surface area contributed by atoms with Crippen LogP contribution >= 0.6 is 0 Å². The molecule has 1 amide bonds. The maximum atomic E-state index is 12.9. The zero-order valence-corrected chi connectivity index (χ0v) is 42.3. The van der Waals surface area contributed by atoms with Crippen molar-refractivity contribution in [2.24, 2.45) is 0 Å². The second kappa shape index (κ2) is 47.0. The first-order valence-corrected chi connectivity index (χ1v) is 26.4. The highest BCUT2D eigenvalue weighted by molar-refractivity contribution is 5.76. The minimum absolute atomic E-state index is 0.199. The number of hydrogen-bond acceptors (Lipinski definition) is 8. The van der Waals surface area contributed by atoms with E-state index in [0.29, 0.717) is 6.42 Å². The van der Waals surface area contributed by atoms with Crippen LogP contribution in [0, 0.1) is 0 Å². The van der Waals surface area contributed by atoms with Crippen LogP contribution in [0.1, 0.15) is 174 Å². The number of aliphatic hydroxyl groups excluding tert-OH is 5. The van der Waals surface area contributed by atoms with Crippen LogP contribution in [0.4, 0.5) is 0 Å². The van der Waals surface area contributed by atoms with E-state index < -0.39 is 49.5 Å². The summed E-state index contributed by atoms with van der Waals surface area (Å²) in [5.74, 6) is -0.199. The highest BCUT2D eigenvalue weighted by Crippen LogP contribution is 2.22. The van der Waals surface area contributed by atoms with Gasteiger partial charge in [-0.3, -0.25) is 4.79 Å². The van der Waals surface area contributed by atoms with E-state index in [1.807, 2.05) is 6.08 Å². The van der Waals surface area contributed by atoms with Crippen LogP contribution in [0.15, 0.2) is 134 Å². The maximum absolute atomic E-state index is 12.9. The van der Waals surface area contributed by atoms with Gasteiger partial charge < -0.3 is 40.3 Å². The van der Waals surface area contributed by atoms with Gasteiger partial charge in [-0.2, -0.15) is 0 Å². The van der Waals surface area contributed by atoms with E-state index in [4.69, 9.17) is 9.47 Å². The number of nitrogens with one attached hydrogen (secondary N) is 1. The van der Waals surface area contributed by atoms with Crippen LogP contribution in [-0.2, 0) is 14.3 Å². The molecule has 384 valence electrons. The molecule has 7 unspecified atom stereocenters. The third-order valence-electron chi connectivity index (χ3n) is 11.5. The molecule has 0 spiro atoms. The molecule has 1 rings (SSSR count).